The highest BCUT2D eigenvalue weighted by Gasteiger charge is 2.38. The number of carboxylic acids is 1. The van der Waals surface area contributed by atoms with E-state index in [0.717, 1.165) is 0 Å². The van der Waals surface area contributed by atoms with Crippen LogP contribution < -0.4 is 0 Å². The van der Waals surface area contributed by atoms with Crippen molar-refractivity contribution in [2.24, 2.45) is 4.99 Å². The lowest BCUT2D eigenvalue weighted by Gasteiger charge is -2.28. The summed E-state index contributed by atoms with van der Waals surface area (Å²) in [6.07, 6.45) is 1.18. The van der Waals surface area contributed by atoms with Gasteiger partial charge >= 0.3 is 5.97 Å². The third-order valence-electron chi connectivity index (χ3n) is 1.16. The van der Waals surface area contributed by atoms with Gasteiger partial charge in [-0.25, -0.2) is 9.59 Å². The average molecular weight is 187 g/mol. The van der Waals surface area contributed by atoms with Crippen LogP contribution in [0.3, 0.4) is 0 Å². The van der Waals surface area contributed by atoms with E-state index < -0.39 is 17.3 Å². The summed E-state index contributed by atoms with van der Waals surface area (Å²) in [5, 5.41) is 8.73. The minimum atomic E-state index is -1.85. The zero-order valence-electron chi connectivity index (χ0n) is 8.12. The van der Waals surface area contributed by atoms with Crippen LogP contribution in [0.5, 0.6) is 0 Å². The number of aliphatic imine (C=N–C) groups is 1. The van der Waals surface area contributed by atoms with Gasteiger partial charge in [-0.3, -0.25) is 0 Å². The molecule has 0 amide bonds. The van der Waals surface area contributed by atoms with Crippen LogP contribution >= 0.6 is 0 Å². The molecule has 5 heteroatoms. The molecule has 0 aromatic carbocycles. The molecule has 1 unspecified atom stereocenters. The van der Waals surface area contributed by atoms with Crippen LogP contribution in [0, 0.1) is 0 Å². The van der Waals surface area contributed by atoms with Crippen LogP contribution in [0.2, 0.25) is 0 Å². The molecule has 0 saturated carbocycles. The summed E-state index contributed by atoms with van der Waals surface area (Å²) in [6.45, 7) is 6.23. The molecule has 13 heavy (non-hydrogen) atoms. The Kier molecular flexibility index (Phi) is 3.34. The SMILES string of the molecule is CC(C)(C)OC(C)(N=C=O)C(=O)O. The molecule has 0 aliphatic heterocycles. The van der Waals surface area contributed by atoms with Crippen molar-refractivity contribution in [3.63, 3.8) is 0 Å². The minimum absolute atomic E-state index is 0.687. The molecule has 0 aliphatic carbocycles. The maximum absolute atomic E-state index is 10.7. The molecule has 0 aromatic heterocycles. The maximum Gasteiger partial charge on any atom is 0.359 e. The molecule has 0 aliphatic rings. The Morgan fingerprint density at radius 2 is 1.85 bits per heavy atom. The Bertz CT molecular complexity index is 245. The minimum Gasteiger partial charge on any atom is -0.478 e. The fraction of sp³-hybridized carbons (Fsp3) is 0.750. The van der Waals surface area contributed by atoms with E-state index in [1.165, 1.54) is 13.0 Å². The smallest absolute Gasteiger partial charge is 0.359 e. The largest absolute Gasteiger partial charge is 0.478 e. The number of aliphatic carboxylic acids is 1. The van der Waals surface area contributed by atoms with Crippen LogP contribution in [0.4, 0.5) is 0 Å². The Labute approximate surface area is 76.4 Å². The highest BCUT2D eigenvalue weighted by molar-refractivity contribution is 5.77. The van der Waals surface area contributed by atoms with Gasteiger partial charge in [0.15, 0.2) is 0 Å². The zero-order valence-corrected chi connectivity index (χ0v) is 8.12. The first kappa shape index (κ1) is 11.8. The van der Waals surface area contributed by atoms with E-state index in [4.69, 9.17) is 9.84 Å². The molecule has 1 atom stereocenters. The molecule has 0 radical (unpaired) electrons. The van der Waals surface area contributed by atoms with Crippen LogP contribution in [0.15, 0.2) is 4.99 Å². The lowest BCUT2D eigenvalue weighted by Crippen LogP contribution is -2.42. The number of carbonyl (C=O) groups is 1. The van der Waals surface area contributed by atoms with E-state index in [1.807, 2.05) is 0 Å². The van der Waals surface area contributed by atoms with Gasteiger partial charge in [0.2, 0.25) is 6.08 Å². The molecule has 0 heterocycles. The normalized spacial score (nSPS) is 15.7. The summed E-state index contributed by atoms with van der Waals surface area (Å²) in [6, 6.07) is 0. The quantitative estimate of drug-likeness (QED) is 0.527. The monoisotopic (exact) mass is 187 g/mol. The Morgan fingerprint density at radius 3 is 2.08 bits per heavy atom. The maximum atomic E-state index is 10.7. The van der Waals surface area contributed by atoms with Crippen molar-refractivity contribution in [2.75, 3.05) is 0 Å². The number of carboxylic acid groups (broad SMARTS) is 1. The van der Waals surface area contributed by atoms with Gasteiger partial charge in [0.25, 0.3) is 5.72 Å². The summed E-state index contributed by atoms with van der Waals surface area (Å²) in [5.41, 5.74) is -2.53. The highest BCUT2D eigenvalue weighted by atomic mass is 16.6. The summed E-state index contributed by atoms with van der Waals surface area (Å²) < 4.78 is 5.10. The Balaban J connectivity index is 4.82. The Hall–Kier alpha value is -1.19. The molecule has 0 saturated heterocycles. The fourth-order valence-electron chi connectivity index (χ4n) is 0.798. The van der Waals surface area contributed by atoms with Gasteiger partial charge in [-0.1, -0.05) is 0 Å². The number of nitrogens with zero attached hydrogens (tertiary/aromatic N) is 1. The van der Waals surface area contributed by atoms with Crippen LogP contribution in [0.25, 0.3) is 0 Å². The van der Waals surface area contributed by atoms with Gasteiger partial charge in [0.1, 0.15) is 0 Å². The van der Waals surface area contributed by atoms with Gasteiger partial charge < -0.3 is 9.84 Å². The van der Waals surface area contributed by atoms with Crippen molar-refractivity contribution >= 4 is 12.0 Å². The summed E-state index contributed by atoms with van der Waals surface area (Å²) in [4.78, 5) is 23.8. The van der Waals surface area contributed by atoms with E-state index in [0.29, 0.717) is 0 Å². The third kappa shape index (κ3) is 3.83. The first-order valence-electron chi connectivity index (χ1n) is 3.74. The van der Waals surface area contributed by atoms with Crippen molar-refractivity contribution in [1.29, 1.82) is 0 Å². The third-order valence-corrected chi connectivity index (χ3v) is 1.16. The zero-order chi connectivity index (χ0) is 10.7. The summed E-state index contributed by atoms with van der Waals surface area (Å²) >= 11 is 0. The molecular formula is C8H13NO4. The van der Waals surface area contributed by atoms with E-state index in [1.54, 1.807) is 20.8 Å². The van der Waals surface area contributed by atoms with Crippen molar-refractivity contribution in [1.82, 2.24) is 0 Å². The molecule has 0 fully saturated rings. The molecule has 0 rings (SSSR count). The second kappa shape index (κ2) is 3.68. The van der Waals surface area contributed by atoms with Gasteiger partial charge in [0, 0.05) is 0 Å². The average Bonchev–Trinajstić information content (AvgIpc) is 1.82. The highest BCUT2D eigenvalue weighted by Crippen LogP contribution is 2.21. The molecule has 74 valence electrons. The molecule has 0 aromatic rings. The molecular weight excluding hydrogens is 174 g/mol. The second-order valence-corrected chi connectivity index (χ2v) is 3.71. The number of hydrogen-bond acceptors (Lipinski definition) is 4. The molecule has 0 bridgehead atoms. The van der Waals surface area contributed by atoms with Gasteiger partial charge in [-0.2, -0.15) is 4.99 Å². The second-order valence-electron chi connectivity index (χ2n) is 3.71. The number of ether oxygens (including phenoxy) is 1. The van der Waals surface area contributed by atoms with E-state index in [2.05, 4.69) is 4.99 Å². The van der Waals surface area contributed by atoms with Gasteiger partial charge in [0.05, 0.1) is 5.60 Å². The number of hydrogen-bond donors (Lipinski definition) is 1. The molecule has 5 nitrogen and oxygen atoms in total. The summed E-state index contributed by atoms with van der Waals surface area (Å²) in [5.74, 6) is -1.31. The Morgan fingerprint density at radius 1 is 1.38 bits per heavy atom. The predicted molar refractivity (Wildman–Crippen MR) is 45.0 cm³/mol. The number of isocyanates is 1. The first-order chi connectivity index (χ1) is 5.71. The van der Waals surface area contributed by atoms with Gasteiger partial charge in [-0.15, -0.1) is 0 Å². The van der Waals surface area contributed by atoms with Crippen LogP contribution in [-0.4, -0.2) is 28.5 Å². The van der Waals surface area contributed by atoms with Crippen LogP contribution in [-0.2, 0) is 14.3 Å². The fourth-order valence-corrected chi connectivity index (χ4v) is 0.798. The number of rotatable bonds is 3. The predicted octanol–water partition coefficient (Wildman–Crippen LogP) is 0.938. The standard InChI is InChI=1S/C8H13NO4/c1-7(2,3)13-8(4,6(11)12)9-5-10/h1-4H3,(H,11,12). The van der Waals surface area contributed by atoms with Crippen molar-refractivity contribution in [3.05, 3.63) is 0 Å². The van der Waals surface area contributed by atoms with Crippen LogP contribution in [0.1, 0.15) is 27.7 Å². The van der Waals surface area contributed by atoms with Crippen molar-refractivity contribution < 1.29 is 19.4 Å². The molecule has 0 spiro atoms. The van der Waals surface area contributed by atoms with E-state index >= 15 is 0 Å². The molecule has 1 N–H and O–H groups in total. The van der Waals surface area contributed by atoms with Gasteiger partial charge in [-0.05, 0) is 27.7 Å². The number of carbonyl (C=O) groups excluding carboxylic acids is 1. The first-order valence-corrected chi connectivity index (χ1v) is 3.74. The lowest BCUT2D eigenvalue weighted by atomic mass is 10.1. The lowest BCUT2D eigenvalue weighted by molar-refractivity contribution is -0.178. The van der Waals surface area contributed by atoms with E-state index in [9.17, 15) is 9.59 Å². The van der Waals surface area contributed by atoms with Crippen molar-refractivity contribution in [3.8, 4) is 0 Å². The van der Waals surface area contributed by atoms with E-state index in [-0.39, 0.29) is 0 Å². The van der Waals surface area contributed by atoms with Crippen molar-refractivity contribution in [2.45, 2.75) is 39.0 Å². The summed E-state index contributed by atoms with van der Waals surface area (Å²) in [7, 11) is 0. The topological polar surface area (TPSA) is 76.0 Å².